The van der Waals surface area contributed by atoms with Crippen molar-refractivity contribution in [1.29, 1.82) is 0 Å². The van der Waals surface area contributed by atoms with Gasteiger partial charge in [-0.15, -0.1) is 0 Å². The summed E-state index contributed by atoms with van der Waals surface area (Å²) in [5, 5.41) is 3.38. The van der Waals surface area contributed by atoms with Gasteiger partial charge < -0.3 is 10.1 Å². The molecule has 0 aromatic carbocycles. The Morgan fingerprint density at radius 2 is 2.10 bits per heavy atom. The second kappa shape index (κ2) is 1.74. The molecule has 0 radical (unpaired) electrons. The first kappa shape index (κ1) is 6.62. The van der Waals surface area contributed by atoms with Crippen molar-refractivity contribution in [3.8, 4) is 0 Å². The molecule has 0 amide bonds. The van der Waals surface area contributed by atoms with Gasteiger partial charge in [-0.1, -0.05) is 6.92 Å². The third-order valence-corrected chi connectivity index (χ3v) is 3.33. The summed E-state index contributed by atoms with van der Waals surface area (Å²) >= 11 is 0. The number of hydrogen-bond acceptors (Lipinski definition) is 2. The fourth-order valence-electron chi connectivity index (χ4n) is 2.06. The van der Waals surface area contributed by atoms with E-state index in [9.17, 15) is 0 Å². The molecule has 2 heterocycles. The van der Waals surface area contributed by atoms with E-state index in [-0.39, 0.29) is 5.60 Å². The van der Waals surface area contributed by atoms with Crippen molar-refractivity contribution >= 4 is 0 Å². The van der Waals surface area contributed by atoms with Gasteiger partial charge in [0.1, 0.15) is 0 Å². The Hall–Kier alpha value is -0.0800. The molecule has 1 N–H and O–H groups in total. The molecular formula is C8H15NO. The third-order valence-electron chi connectivity index (χ3n) is 3.33. The lowest BCUT2D eigenvalue weighted by Crippen LogP contribution is -2.38. The van der Waals surface area contributed by atoms with Crippen LogP contribution in [0.15, 0.2) is 0 Å². The van der Waals surface area contributed by atoms with Crippen LogP contribution in [0.3, 0.4) is 0 Å². The fourth-order valence-corrected chi connectivity index (χ4v) is 2.06. The molecule has 0 aromatic heterocycles. The fraction of sp³-hybridized carbons (Fsp3) is 1.00. The standard InChI is InChI=1S/C8H15NO/c1-7-3-4-10-8(7,2)6-9-5-7/h9H,3-6H2,1-2H3/t7-,8+/m1/s1. The van der Waals surface area contributed by atoms with Crippen LogP contribution in [-0.2, 0) is 4.74 Å². The number of rotatable bonds is 0. The predicted octanol–water partition coefficient (Wildman–Crippen LogP) is 0.775. The molecule has 2 heteroatoms. The van der Waals surface area contributed by atoms with Crippen molar-refractivity contribution < 1.29 is 4.74 Å². The first-order chi connectivity index (χ1) is 4.66. The van der Waals surface area contributed by atoms with Crippen molar-refractivity contribution in [2.75, 3.05) is 19.7 Å². The Kier molecular flexibility index (Phi) is 1.15. The molecule has 0 aromatic rings. The van der Waals surface area contributed by atoms with Crippen molar-refractivity contribution in [3.05, 3.63) is 0 Å². The summed E-state index contributed by atoms with van der Waals surface area (Å²) in [6.45, 7) is 7.65. The van der Waals surface area contributed by atoms with E-state index in [0.717, 1.165) is 19.7 Å². The van der Waals surface area contributed by atoms with E-state index in [1.165, 1.54) is 6.42 Å². The van der Waals surface area contributed by atoms with Gasteiger partial charge in [0.15, 0.2) is 0 Å². The minimum absolute atomic E-state index is 0.132. The van der Waals surface area contributed by atoms with Gasteiger partial charge in [-0.05, 0) is 13.3 Å². The van der Waals surface area contributed by atoms with Gasteiger partial charge in [0.25, 0.3) is 0 Å². The summed E-state index contributed by atoms with van der Waals surface area (Å²) < 4.78 is 5.70. The van der Waals surface area contributed by atoms with Crippen LogP contribution in [0.25, 0.3) is 0 Å². The van der Waals surface area contributed by atoms with E-state index in [4.69, 9.17) is 4.74 Å². The second-order valence-corrected chi connectivity index (χ2v) is 3.99. The van der Waals surface area contributed by atoms with Crippen LogP contribution < -0.4 is 5.32 Å². The van der Waals surface area contributed by atoms with Gasteiger partial charge in [0.2, 0.25) is 0 Å². The minimum atomic E-state index is 0.132. The monoisotopic (exact) mass is 141 g/mol. The van der Waals surface area contributed by atoms with E-state index < -0.39 is 0 Å². The molecule has 2 rings (SSSR count). The van der Waals surface area contributed by atoms with Crippen LogP contribution in [0.5, 0.6) is 0 Å². The summed E-state index contributed by atoms with van der Waals surface area (Å²) in [5.74, 6) is 0. The second-order valence-electron chi connectivity index (χ2n) is 3.99. The first-order valence-corrected chi connectivity index (χ1v) is 4.01. The van der Waals surface area contributed by atoms with Crippen LogP contribution in [0.2, 0.25) is 0 Å². The third kappa shape index (κ3) is 0.611. The summed E-state index contributed by atoms with van der Waals surface area (Å²) in [7, 11) is 0. The van der Waals surface area contributed by atoms with Crippen LogP contribution in [0.1, 0.15) is 20.3 Å². The zero-order chi connectivity index (χ0) is 7.24. The van der Waals surface area contributed by atoms with E-state index in [2.05, 4.69) is 19.2 Å². The van der Waals surface area contributed by atoms with Gasteiger partial charge in [-0.3, -0.25) is 0 Å². The Bertz CT molecular complexity index is 129. The van der Waals surface area contributed by atoms with Crippen molar-refractivity contribution in [2.24, 2.45) is 5.41 Å². The SMILES string of the molecule is C[C@]12CCO[C@@]1(C)CNC2. The van der Waals surface area contributed by atoms with Gasteiger partial charge in [0.05, 0.1) is 5.60 Å². The van der Waals surface area contributed by atoms with Crippen LogP contribution in [0, 0.1) is 5.41 Å². The van der Waals surface area contributed by atoms with Gasteiger partial charge in [-0.2, -0.15) is 0 Å². The molecule has 0 aliphatic carbocycles. The lowest BCUT2D eigenvalue weighted by atomic mass is 9.77. The van der Waals surface area contributed by atoms with E-state index >= 15 is 0 Å². The molecule has 0 unspecified atom stereocenters. The molecule has 58 valence electrons. The molecule has 2 aliphatic heterocycles. The highest BCUT2D eigenvalue weighted by Gasteiger charge is 2.53. The predicted molar refractivity (Wildman–Crippen MR) is 40.0 cm³/mol. The average Bonchev–Trinajstić information content (AvgIpc) is 2.20. The highest BCUT2D eigenvalue weighted by Crippen LogP contribution is 2.45. The van der Waals surface area contributed by atoms with Crippen molar-refractivity contribution in [1.82, 2.24) is 5.32 Å². The molecule has 2 nitrogen and oxygen atoms in total. The first-order valence-electron chi connectivity index (χ1n) is 4.01. The Balaban J connectivity index is 2.30. The maximum atomic E-state index is 5.70. The topological polar surface area (TPSA) is 21.3 Å². The molecular weight excluding hydrogens is 126 g/mol. The lowest BCUT2D eigenvalue weighted by Gasteiger charge is -2.30. The van der Waals surface area contributed by atoms with E-state index in [0.29, 0.717) is 5.41 Å². The number of hydrogen-bond donors (Lipinski definition) is 1. The maximum absolute atomic E-state index is 5.70. The lowest BCUT2D eigenvalue weighted by molar-refractivity contribution is -0.00821. The highest BCUT2D eigenvalue weighted by molar-refractivity contribution is 5.05. The molecule has 10 heavy (non-hydrogen) atoms. The normalized spacial score (nSPS) is 53.4. The van der Waals surface area contributed by atoms with E-state index in [1.807, 2.05) is 0 Å². The Morgan fingerprint density at radius 1 is 1.30 bits per heavy atom. The van der Waals surface area contributed by atoms with E-state index in [1.54, 1.807) is 0 Å². The molecule has 2 aliphatic rings. The Morgan fingerprint density at radius 3 is 2.80 bits per heavy atom. The minimum Gasteiger partial charge on any atom is -0.373 e. The van der Waals surface area contributed by atoms with Gasteiger partial charge >= 0.3 is 0 Å². The van der Waals surface area contributed by atoms with Crippen LogP contribution >= 0.6 is 0 Å². The highest BCUT2D eigenvalue weighted by atomic mass is 16.5. The molecule has 0 spiro atoms. The van der Waals surface area contributed by atoms with Crippen molar-refractivity contribution in [3.63, 3.8) is 0 Å². The zero-order valence-corrected chi connectivity index (χ0v) is 6.74. The Labute approximate surface area is 61.9 Å². The van der Waals surface area contributed by atoms with Gasteiger partial charge in [-0.25, -0.2) is 0 Å². The molecule has 2 fully saturated rings. The van der Waals surface area contributed by atoms with Crippen molar-refractivity contribution in [2.45, 2.75) is 25.9 Å². The molecule has 0 saturated carbocycles. The number of nitrogens with one attached hydrogen (secondary N) is 1. The van der Waals surface area contributed by atoms with Gasteiger partial charge in [0, 0.05) is 25.1 Å². The number of ether oxygens (including phenoxy) is 1. The smallest absolute Gasteiger partial charge is 0.0844 e. The zero-order valence-electron chi connectivity index (χ0n) is 6.74. The molecule has 2 saturated heterocycles. The quantitative estimate of drug-likeness (QED) is 0.538. The van der Waals surface area contributed by atoms with Crippen LogP contribution in [0.4, 0.5) is 0 Å². The average molecular weight is 141 g/mol. The van der Waals surface area contributed by atoms with Crippen LogP contribution in [-0.4, -0.2) is 25.3 Å². The summed E-state index contributed by atoms with van der Waals surface area (Å²) in [4.78, 5) is 0. The summed E-state index contributed by atoms with van der Waals surface area (Å²) in [5.41, 5.74) is 0.542. The largest absolute Gasteiger partial charge is 0.373 e. The maximum Gasteiger partial charge on any atom is 0.0844 e. The molecule has 2 atom stereocenters. The summed E-state index contributed by atoms with van der Waals surface area (Å²) in [6.07, 6.45) is 1.22. The summed E-state index contributed by atoms with van der Waals surface area (Å²) in [6, 6.07) is 0. The number of fused-ring (bicyclic) bond motifs is 1. The molecule has 0 bridgehead atoms.